The Balaban J connectivity index is 1.46. The molecule has 5 heteroatoms. The van der Waals surface area contributed by atoms with Crippen LogP contribution >= 0.6 is 0 Å². The highest BCUT2D eigenvalue weighted by Gasteiger charge is 2.24. The van der Waals surface area contributed by atoms with E-state index in [-0.39, 0.29) is 11.8 Å². The zero-order valence-electron chi connectivity index (χ0n) is 15.2. The predicted octanol–water partition coefficient (Wildman–Crippen LogP) is 2.56. The first-order valence-electron chi connectivity index (χ1n) is 9.22. The molecule has 0 unspecified atom stereocenters. The Morgan fingerprint density at radius 2 is 1.46 bits per heavy atom. The standard InChI is InChI=1S/C21H25N3O2/c1-2-17-3-5-18(6-4-17)7-8-20(25)23-13-15-24(16-14-23)21(26)19-9-11-22-12-10-19/h3-6,9-12H,2,7-8,13-16H2,1H3. The molecule has 2 aromatic rings. The van der Waals surface area contributed by atoms with Crippen LogP contribution in [0.3, 0.4) is 0 Å². The van der Waals surface area contributed by atoms with E-state index in [1.54, 1.807) is 24.5 Å². The Hall–Kier alpha value is -2.69. The van der Waals surface area contributed by atoms with Crippen molar-refractivity contribution in [3.8, 4) is 0 Å². The van der Waals surface area contributed by atoms with E-state index in [0.717, 1.165) is 12.8 Å². The molecule has 1 saturated heterocycles. The van der Waals surface area contributed by atoms with Crippen LogP contribution in [-0.2, 0) is 17.6 Å². The highest BCUT2D eigenvalue weighted by atomic mass is 16.2. The van der Waals surface area contributed by atoms with Gasteiger partial charge < -0.3 is 9.80 Å². The lowest BCUT2D eigenvalue weighted by Crippen LogP contribution is -2.50. The smallest absolute Gasteiger partial charge is 0.254 e. The molecule has 1 aromatic heterocycles. The number of carbonyl (C=O) groups excluding carboxylic acids is 2. The van der Waals surface area contributed by atoms with Crippen LogP contribution in [0.25, 0.3) is 0 Å². The molecule has 136 valence electrons. The summed E-state index contributed by atoms with van der Waals surface area (Å²) in [5.41, 5.74) is 3.16. The second-order valence-electron chi connectivity index (χ2n) is 6.58. The monoisotopic (exact) mass is 351 g/mol. The molecule has 26 heavy (non-hydrogen) atoms. The third kappa shape index (κ3) is 4.48. The molecule has 2 heterocycles. The second-order valence-corrected chi connectivity index (χ2v) is 6.58. The zero-order chi connectivity index (χ0) is 18.4. The first-order valence-corrected chi connectivity index (χ1v) is 9.22. The Bertz CT molecular complexity index is 736. The Kier molecular flexibility index (Phi) is 6.00. The average molecular weight is 351 g/mol. The number of pyridine rings is 1. The first kappa shape index (κ1) is 18.1. The second kappa shape index (κ2) is 8.61. The molecule has 0 atom stereocenters. The zero-order valence-corrected chi connectivity index (χ0v) is 15.2. The molecule has 0 aliphatic carbocycles. The van der Waals surface area contributed by atoms with Gasteiger partial charge in [-0.1, -0.05) is 31.2 Å². The van der Waals surface area contributed by atoms with Crippen LogP contribution in [0.5, 0.6) is 0 Å². The topological polar surface area (TPSA) is 53.5 Å². The molecule has 1 fully saturated rings. The van der Waals surface area contributed by atoms with E-state index in [4.69, 9.17) is 0 Å². The number of rotatable bonds is 5. The lowest BCUT2D eigenvalue weighted by molar-refractivity contribution is -0.132. The van der Waals surface area contributed by atoms with Crippen molar-refractivity contribution in [3.05, 3.63) is 65.5 Å². The maximum atomic E-state index is 12.5. The molecule has 2 amide bonds. The van der Waals surface area contributed by atoms with Crippen molar-refractivity contribution >= 4 is 11.8 Å². The summed E-state index contributed by atoms with van der Waals surface area (Å²) in [7, 11) is 0. The van der Waals surface area contributed by atoms with Crippen molar-refractivity contribution in [3.63, 3.8) is 0 Å². The lowest BCUT2D eigenvalue weighted by Gasteiger charge is -2.35. The predicted molar refractivity (Wildman–Crippen MR) is 101 cm³/mol. The molecule has 0 saturated carbocycles. The van der Waals surface area contributed by atoms with E-state index < -0.39 is 0 Å². The van der Waals surface area contributed by atoms with Crippen molar-refractivity contribution in [2.24, 2.45) is 0 Å². The minimum Gasteiger partial charge on any atom is -0.339 e. The Morgan fingerprint density at radius 3 is 2.08 bits per heavy atom. The van der Waals surface area contributed by atoms with Gasteiger partial charge in [-0.25, -0.2) is 0 Å². The highest BCUT2D eigenvalue weighted by Crippen LogP contribution is 2.12. The fraction of sp³-hybridized carbons (Fsp3) is 0.381. The number of aryl methyl sites for hydroxylation is 2. The summed E-state index contributed by atoms with van der Waals surface area (Å²) in [5.74, 6) is 0.177. The van der Waals surface area contributed by atoms with Crippen molar-refractivity contribution in [1.29, 1.82) is 0 Å². The van der Waals surface area contributed by atoms with Crippen LogP contribution in [0.2, 0.25) is 0 Å². The van der Waals surface area contributed by atoms with Crippen LogP contribution in [0, 0.1) is 0 Å². The largest absolute Gasteiger partial charge is 0.339 e. The van der Waals surface area contributed by atoms with Gasteiger partial charge in [-0.3, -0.25) is 14.6 Å². The minimum absolute atomic E-state index is 0.00973. The summed E-state index contributed by atoms with van der Waals surface area (Å²) in [4.78, 5) is 32.5. The van der Waals surface area contributed by atoms with Gasteiger partial charge in [0.05, 0.1) is 0 Å². The molecule has 1 aromatic carbocycles. The van der Waals surface area contributed by atoms with Gasteiger partial charge in [-0.05, 0) is 36.1 Å². The number of piperazine rings is 1. The maximum absolute atomic E-state index is 12.5. The van der Waals surface area contributed by atoms with Crippen LogP contribution in [0.1, 0.15) is 34.8 Å². The fourth-order valence-corrected chi connectivity index (χ4v) is 3.19. The van der Waals surface area contributed by atoms with E-state index in [2.05, 4.69) is 36.2 Å². The van der Waals surface area contributed by atoms with Gasteiger partial charge in [-0.2, -0.15) is 0 Å². The number of aromatic nitrogens is 1. The number of carbonyl (C=O) groups is 2. The van der Waals surface area contributed by atoms with Crippen LogP contribution < -0.4 is 0 Å². The van der Waals surface area contributed by atoms with Gasteiger partial charge in [-0.15, -0.1) is 0 Å². The van der Waals surface area contributed by atoms with Gasteiger partial charge in [0.1, 0.15) is 0 Å². The summed E-state index contributed by atoms with van der Waals surface area (Å²) in [6, 6.07) is 11.9. The summed E-state index contributed by atoms with van der Waals surface area (Å²) >= 11 is 0. The van der Waals surface area contributed by atoms with Gasteiger partial charge in [0.25, 0.3) is 5.91 Å². The lowest BCUT2D eigenvalue weighted by atomic mass is 10.1. The van der Waals surface area contributed by atoms with Crippen LogP contribution in [0.4, 0.5) is 0 Å². The molecule has 0 radical (unpaired) electrons. The molecule has 5 nitrogen and oxygen atoms in total. The van der Waals surface area contributed by atoms with E-state index in [1.165, 1.54) is 11.1 Å². The van der Waals surface area contributed by atoms with E-state index in [0.29, 0.717) is 38.2 Å². The molecular formula is C21H25N3O2. The number of hydrogen-bond donors (Lipinski definition) is 0. The molecule has 1 aliphatic heterocycles. The van der Waals surface area contributed by atoms with Gasteiger partial charge in [0, 0.05) is 50.6 Å². The van der Waals surface area contributed by atoms with Crippen molar-refractivity contribution in [2.75, 3.05) is 26.2 Å². The summed E-state index contributed by atoms with van der Waals surface area (Å²) in [6.07, 6.45) is 5.56. The van der Waals surface area contributed by atoms with Gasteiger partial charge in [0.15, 0.2) is 0 Å². The number of amides is 2. The number of hydrogen-bond acceptors (Lipinski definition) is 3. The third-order valence-corrected chi connectivity index (χ3v) is 4.91. The van der Waals surface area contributed by atoms with E-state index in [9.17, 15) is 9.59 Å². The van der Waals surface area contributed by atoms with Crippen LogP contribution in [-0.4, -0.2) is 52.8 Å². The van der Waals surface area contributed by atoms with Crippen molar-refractivity contribution < 1.29 is 9.59 Å². The normalized spacial score (nSPS) is 14.3. The highest BCUT2D eigenvalue weighted by molar-refractivity contribution is 5.94. The average Bonchev–Trinajstić information content (AvgIpc) is 2.72. The fourth-order valence-electron chi connectivity index (χ4n) is 3.19. The Morgan fingerprint density at radius 1 is 0.885 bits per heavy atom. The van der Waals surface area contributed by atoms with Crippen molar-refractivity contribution in [2.45, 2.75) is 26.2 Å². The molecule has 1 aliphatic rings. The SMILES string of the molecule is CCc1ccc(CCC(=O)N2CCN(C(=O)c3ccncc3)CC2)cc1. The molecule has 0 N–H and O–H groups in total. The molecule has 0 bridgehead atoms. The van der Waals surface area contributed by atoms with E-state index in [1.807, 2.05) is 9.80 Å². The van der Waals surface area contributed by atoms with Gasteiger partial charge in [0.2, 0.25) is 5.91 Å². The quantitative estimate of drug-likeness (QED) is 0.832. The summed E-state index contributed by atoms with van der Waals surface area (Å²) in [5, 5.41) is 0. The molecule has 3 rings (SSSR count). The molecule has 0 spiro atoms. The maximum Gasteiger partial charge on any atom is 0.254 e. The van der Waals surface area contributed by atoms with Crippen molar-refractivity contribution in [1.82, 2.24) is 14.8 Å². The van der Waals surface area contributed by atoms with Gasteiger partial charge >= 0.3 is 0 Å². The first-order chi connectivity index (χ1) is 12.7. The molecular weight excluding hydrogens is 326 g/mol. The Labute approximate surface area is 154 Å². The van der Waals surface area contributed by atoms with Crippen LogP contribution in [0.15, 0.2) is 48.8 Å². The minimum atomic E-state index is 0.00973. The number of benzene rings is 1. The number of nitrogens with zero attached hydrogens (tertiary/aromatic N) is 3. The van der Waals surface area contributed by atoms with E-state index >= 15 is 0 Å². The third-order valence-electron chi connectivity index (χ3n) is 4.91. The summed E-state index contributed by atoms with van der Waals surface area (Å²) < 4.78 is 0. The summed E-state index contributed by atoms with van der Waals surface area (Å²) in [6.45, 7) is 4.50.